The molecular weight excluding hydrogens is 457 g/mol. The van der Waals surface area contributed by atoms with E-state index < -0.39 is 38.3 Å². The van der Waals surface area contributed by atoms with Crippen LogP contribution in [-0.4, -0.2) is 42.8 Å². The molecule has 2 heterocycles. The van der Waals surface area contributed by atoms with Gasteiger partial charge in [-0.15, -0.1) is 0 Å². The highest BCUT2D eigenvalue weighted by molar-refractivity contribution is 7.88. The van der Waals surface area contributed by atoms with Crippen LogP contribution in [0.2, 0.25) is 0 Å². The minimum atomic E-state index is -5.93. The van der Waals surface area contributed by atoms with Gasteiger partial charge in [-0.3, -0.25) is 9.47 Å². The van der Waals surface area contributed by atoms with Gasteiger partial charge in [0.15, 0.2) is 16.9 Å². The molecule has 1 aromatic carbocycles. The molecule has 1 aromatic heterocycles. The molecule has 0 atom stereocenters. The number of hydrogen-bond acceptors (Lipinski definition) is 7. The summed E-state index contributed by atoms with van der Waals surface area (Å²) in [7, 11) is -4.81. The van der Waals surface area contributed by atoms with E-state index in [0.29, 0.717) is 16.8 Å². The van der Waals surface area contributed by atoms with Gasteiger partial charge in [-0.05, 0) is 37.0 Å². The van der Waals surface area contributed by atoms with Crippen molar-refractivity contribution in [3.63, 3.8) is 0 Å². The SMILES string of the molecule is COc1cc2c(cc1OS(=O)(=O)C(F)(F)F)CN(C1CCC1)n1cc(C(=O)O)c(=O)cc1-2. The Bertz CT molecular complexity index is 1270. The zero-order chi connectivity index (χ0) is 23.4. The third-order valence-corrected chi connectivity index (χ3v) is 6.48. The molecule has 1 N–H and O–H groups in total. The van der Waals surface area contributed by atoms with Crippen LogP contribution in [0.25, 0.3) is 11.3 Å². The molecule has 2 aromatic rings. The first-order valence-corrected chi connectivity index (χ1v) is 10.8. The molecule has 0 radical (unpaired) electrons. The fourth-order valence-corrected chi connectivity index (χ4v) is 4.16. The summed E-state index contributed by atoms with van der Waals surface area (Å²) < 4.78 is 72.4. The van der Waals surface area contributed by atoms with Crippen molar-refractivity contribution in [1.82, 2.24) is 4.68 Å². The number of pyridine rings is 1. The second-order valence-corrected chi connectivity index (χ2v) is 8.95. The van der Waals surface area contributed by atoms with Gasteiger partial charge in [0.25, 0.3) is 0 Å². The molecule has 1 aliphatic carbocycles. The minimum Gasteiger partial charge on any atom is -0.493 e. The number of carboxylic acids is 1. The van der Waals surface area contributed by atoms with Gasteiger partial charge in [0, 0.05) is 23.9 Å². The van der Waals surface area contributed by atoms with E-state index in [4.69, 9.17) is 4.74 Å². The van der Waals surface area contributed by atoms with Crippen molar-refractivity contribution in [2.75, 3.05) is 12.1 Å². The van der Waals surface area contributed by atoms with Crippen LogP contribution in [0.5, 0.6) is 11.5 Å². The fraction of sp³-hybridized carbons (Fsp3) is 0.368. The molecule has 0 saturated heterocycles. The van der Waals surface area contributed by atoms with Crippen LogP contribution in [0.3, 0.4) is 0 Å². The van der Waals surface area contributed by atoms with Crippen LogP contribution >= 0.6 is 0 Å². The van der Waals surface area contributed by atoms with Crippen LogP contribution in [0.15, 0.2) is 29.2 Å². The molecule has 4 rings (SSSR count). The number of aromatic nitrogens is 1. The number of carbonyl (C=O) groups is 1. The lowest BCUT2D eigenvalue weighted by atomic mass is 9.90. The molecule has 0 unspecified atom stereocenters. The number of carboxylic acid groups (broad SMARTS) is 1. The molecular formula is C19H17F3N2O7S. The van der Waals surface area contributed by atoms with Gasteiger partial charge >= 0.3 is 21.6 Å². The average molecular weight is 474 g/mol. The molecule has 1 fully saturated rings. The van der Waals surface area contributed by atoms with E-state index in [-0.39, 0.29) is 18.3 Å². The molecule has 172 valence electrons. The zero-order valence-electron chi connectivity index (χ0n) is 16.5. The predicted octanol–water partition coefficient (Wildman–Crippen LogP) is 2.45. The molecule has 2 aliphatic rings. The van der Waals surface area contributed by atoms with Crippen molar-refractivity contribution in [3.05, 3.63) is 45.7 Å². The highest BCUT2D eigenvalue weighted by Gasteiger charge is 2.49. The Hall–Kier alpha value is -3.22. The van der Waals surface area contributed by atoms with Crippen molar-refractivity contribution in [1.29, 1.82) is 0 Å². The van der Waals surface area contributed by atoms with Gasteiger partial charge in [0.1, 0.15) is 5.56 Å². The van der Waals surface area contributed by atoms with E-state index in [2.05, 4.69) is 4.18 Å². The summed E-state index contributed by atoms with van der Waals surface area (Å²) in [6.07, 6.45) is 3.75. The van der Waals surface area contributed by atoms with Gasteiger partial charge in [-0.25, -0.2) is 4.79 Å². The van der Waals surface area contributed by atoms with Crippen molar-refractivity contribution in [2.45, 2.75) is 37.4 Å². The number of benzene rings is 1. The predicted molar refractivity (Wildman–Crippen MR) is 105 cm³/mol. The first-order valence-electron chi connectivity index (χ1n) is 9.42. The molecule has 1 aliphatic heterocycles. The summed E-state index contributed by atoms with van der Waals surface area (Å²) >= 11 is 0. The summed E-state index contributed by atoms with van der Waals surface area (Å²) in [6, 6.07) is 3.53. The monoisotopic (exact) mass is 474 g/mol. The summed E-state index contributed by atoms with van der Waals surface area (Å²) in [5.41, 5.74) is -5.72. The van der Waals surface area contributed by atoms with E-state index in [1.165, 1.54) is 12.3 Å². The van der Waals surface area contributed by atoms with Gasteiger partial charge in [0.2, 0.25) is 0 Å². The molecule has 0 amide bonds. The number of methoxy groups -OCH3 is 1. The maximum atomic E-state index is 12.8. The normalized spacial score (nSPS) is 16.1. The number of fused-ring (bicyclic) bond motifs is 3. The van der Waals surface area contributed by atoms with Gasteiger partial charge in [-0.1, -0.05) is 0 Å². The molecule has 0 bridgehead atoms. The highest BCUT2D eigenvalue weighted by Crippen LogP contribution is 2.42. The third kappa shape index (κ3) is 3.55. The Labute approximate surface area is 179 Å². The molecule has 13 heteroatoms. The van der Waals surface area contributed by atoms with Crippen molar-refractivity contribution >= 4 is 16.1 Å². The van der Waals surface area contributed by atoms with E-state index in [9.17, 15) is 36.3 Å². The van der Waals surface area contributed by atoms with Crippen LogP contribution in [-0.2, 0) is 16.7 Å². The summed E-state index contributed by atoms with van der Waals surface area (Å²) in [5, 5.41) is 11.1. The molecule has 1 saturated carbocycles. The summed E-state index contributed by atoms with van der Waals surface area (Å²) in [6.45, 7) is 0.126. The number of nitrogens with zero attached hydrogens (tertiary/aromatic N) is 2. The summed E-state index contributed by atoms with van der Waals surface area (Å²) in [5.74, 6) is -2.33. The van der Waals surface area contributed by atoms with Crippen molar-refractivity contribution in [3.8, 4) is 22.8 Å². The number of ether oxygens (including phenoxy) is 1. The van der Waals surface area contributed by atoms with Gasteiger partial charge in [0.05, 0.1) is 19.3 Å². The Morgan fingerprint density at radius 1 is 1.19 bits per heavy atom. The van der Waals surface area contributed by atoms with E-state index in [1.807, 2.05) is 0 Å². The smallest absolute Gasteiger partial charge is 0.493 e. The van der Waals surface area contributed by atoms with E-state index in [0.717, 1.165) is 38.5 Å². The highest BCUT2D eigenvalue weighted by atomic mass is 32.2. The zero-order valence-corrected chi connectivity index (χ0v) is 17.4. The maximum Gasteiger partial charge on any atom is 0.534 e. The Kier molecular flexibility index (Phi) is 5.11. The lowest BCUT2D eigenvalue weighted by molar-refractivity contribution is -0.0500. The quantitative estimate of drug-likeness (QED) is 0.519. The first-order chi connectivity index (χ1) is 14.9. The van der Waals surface area contributed by atoms with Crippen molar-refractivity contribution in [2.24, 2.45) is 0 Å². The maximum absolute atomic E-state index is 12.8. The first kappa shape index (κ1) is 22.0. The second-order valence-electron chi connectivity index (χ2n) is 7.41. The van der Waals surface area contributed by atoms with Crippen molar-refractivity contribution < 1.29 is 40.4 Å². The fourth-order valence-electron chi connectivity index (χ4n) is 3.70. The number of aromatic carboxylic acids is 1. The largest absolute Gasteiger partial charge is 0.534 e. The minimum absolute atomic E-state index is 0.0106. The molecule has 32 heavy (non-hydrogen) atoms. The second kappa shape index (κ2) is 7.43. The number of alkyl halides is 3. The number of hydrogen-bond donors (Lipinski definition) is 1. The Morgan fingerprint density at radius 3 is 2.41 bits per heavy atom. The molecule has 0 spiro atoms. The summed E-state index contributed by atoms with van der Waals surface area (Å²) in [4.78, 5) is 23.8. The van der Waals surface area contributed by atoms with Crippen LogP contribution < -0.4 is 19.4 Å². The Balaban J connectivity index is 1.89. The lowest BCUT2D eigenvalue weighted by Crippen LogP contribution is -2.49. The third-order valence-electron chi connectivity index (χ3n) is 5.52. The standard InChI is InChI=1S/C19H17F3N2O7S/c1-30-16-6-12-10(5-17(16)31-32(28,29)19(20,21)22)8-23(11-3-2-4-11)24-9-13(18(26)27)15(25)7-14(12)24/h5-7,9,11H,2-4,8H2,1H3,(H,26,27). The Morgan fingerprint density at radius 2 is 1.88 bits per heavy atom. The molecule has 9 nitrogen and oxygen atoms in total. The van der Waals surface area contributed by atoms with Crippen LogP contribution in [0.4, 0.5) is 13.2 Å². The topological polar surface area (TPSA) is 115 Å². The number of halogens is 3. The average Bonchev–Trinajstić information content (AvgIpc) is 2.64. The van der Waals surface area contributed by atoms with Crippen LogP contribution in [0, 0.1) is 0 Å². The van der Waals surface area contributed by atoms with E-state index >= 15 is 0 Å². The van der Waals surface area contributed by atoms with E-state index in [1.54, 1.807) is 9.69 Å². The van der Waals surface area contributed by atoms with Gasteiger partial charge < -0.3 is 19.0 Å². The van der Waals surface area contributed by atoms with Gasteiger partial charge in [-0.2, -0.15) is 21.6 Å². The number of rotatable bonds is 5. The lowest BCUT2D eigenvalue weighted by Gasteiger charge is -2.44. The van der Waals surface area contributed by atoms with Crippen LogP contribution in [0.1, 0.15) is 35.2 Å².